The highest BCUT2D eigenvalue weighted by atomic mass is 16.6. The van der Waals surface area contributed by atoms with Gasteiger partial charge in [0.25, 0.3) is 5.91 Å². The zero-order valence-corrected chi connectivity index (χ0v) is 33.0. The van der Waals surface area contributed by atoms with Gasteiger partial charge in [-0.05, 0) is 68.1 Å². The maximum absolute atomic E-state index is 13.3. The zero-order valence-electron chi connectivity index (χ0n) is 33.0. The van der Waals surface area contributed by atoms with Gasteiger partial charge in [0.2, 0.25) is 6.41 Å². The molecule has 1 aliphatic rings. The molecule has 2 amide bonds. The smallest absolute Gasteiger partial charge is 0.332 e. The van der Waals surface area contributed by atoms with Crippen molar-refractivity contribution >= 4 is 41.7 Å². The minimum absolute atomic E-state index is 0.00114. The molecule has 15 heteroatoms. The molecule has 0 saturated carbocycles. The summed E-state index contributed by atoms with van der Waals surface area (Å²) in [5.74, 6) is -4.04. The number of hydrogen-bond acceptors (Lipinski definition) is 13. The number of carbonyl (C=O) groups excluding carboxylic acids is 6. The summed E-state index contributed by atoms with van der Waals surface area (Å²) in [6.07, 6.45) is 0.247. The van der Waals surface area contributed by atoms with Gasteiger partial charge >= 0.3 is 17.9 Å². The van der Waals surface area contributed by atoms with Crippen molar-refractivity contribution in [2.75, 3.05) is 12.4 Å². The van der Waals surface area contributed by atoms with Crippen LogP contribution in [0, 0.1) is 11.8 Å². The minimum Gasteiger partial charge on any atom is -0.508 e. The Morgan fingerprint density at radius 3 is 2.19 bits per heavy atom. The van der Waals surface area contributed by atoms with Crippen LogP contribution in [0.4, 0.5) is 5.69 Å². The maximum Gasteiger partial charge on any atom is 0.332 e. The van der Waals surface area contributed by atoms with Crippen LogP contribution in [-0.4, -0.2) is 82.8 Å². The van der Waals surface area contributed by atoms with Crippen LogP contribution in [-0.2, 0) is 39.8 Å². The van der Waals surface area contributed by atoms with Crippen molar-refractivity contribution in [3.8, 4) is 23.0 Å². The van der Waals surface area contributed by atoms with Crippen LogP contribution in [0.5, 0.6) is 23.0 Å². The lowest BCUT2D eigenvalue weighted by atomic mass is 9.92. The fourth-order valence-electron chi connectivity index (χ4n) is 6.00. The number of carbonyl (C=O) groups is 6. The van der Waals surface area contributed by atoms with Gasteiger partial charge in [0, 0.05) is 18.9 Å². The SMILES string of the molecule is CCCCCC1C(=O)OC(C)C(NC(=O)c2cccc(NC=O)c2O)C(=O)OC(C)C1OC(=O)CC(C)C.COc1ccc(CC(=O)c2ccc(O)cc2O)cc1. The number of cyclic esters (lactones) is 2. The Labute approximate surface area is 331 Å². The summed E-state index contributed by atoms with van der Waals surface area (Å²) in [5.41, 5.74) is 0.819. The number of amides is 2. The van der Waals surface area contributed by atoms with E-state index in [0.717, 1.165) is 30.2 Å². The molecule has 1 heterocycles. The lowest BCUT2D eigenvalue weighted by molar-refractivity contribution is -0.175. The normalized spacial score (nSPS) is 19.2. The molecule has 0 bridgehead atoms. The number of rotatable bonds is 15. The third-order valence-electron chi connectivity index (χ3n) is 9.04. The highest BCUT2D eigenvalue weighted by Crippen LogP contribution is 2.29. The number of ketones is 1. The number of anilines is 1. The third kappa shape index (κ3) is 13.3. The van der Waals surface area contributed by atoms with E-state index in [1.165, 1.54) is 44.2 Å². The number of aromatic hydroxyl groups is 3. The predicted octanol–water partition coefficient (Wildman–Crippen LogP) is 5.62. The summed E-state index contributed by atoms with van der Waals surface area (Å²) in [6.45, 7) is 8.70. The Morgan fingerprint density at radius 2 is 1.58 bits per heavy atom. The monoisotopic (exact) mass is 792 g/mol. The molecule has 0 aliphatic carbocycles. The summed E-state index contributed by atoms with van der Waals surface area (Å²) in [7, 11) is 1.58. The van der Waals surface area contributed by atoms with Crippen LogP contribution in [0.15, 0.2) is 60.7 Å². The number of Topliss-reactive ketones (excluding diaryl/α,β-unsaturated/α-hetero) is 1. The fraction of sp³-hybridized carbons (Fsp3) is 0.429. The Balaban J connectivity index is 0.000000380. The predicted molar refractivity (Wildman–Crippen MR) is 208 cm³/mol. The lowest BCUT2D eigenvalue weighted by Crippen LogP contribution is -2.50. The Morgan fingerprint density at radius 1 is 0.895 bits per heavy atom. The molecule has 3 aromatic carbocycles. The van der Waals surface area contributed by atoms with Crippen LogP contribution in [0.2, 0.25) is 0 Å². The minimum atomic E-state index is -1.42. The number of phenols is 3. The standard InChI is InChI=1S/C27H38N2O9.C15H14O4/c1-6-7-8-10-19-24(38-21(31)13-15(2)3)17(5)37-27(35)22(16(4)36-26(19)34)29-25(33)18-11-9-12-20(23(18)32)28-14-30;1-19-12-5-2-10(3-6-12)8-14(17)13-7-4-11(16)9-15(13)18/h9,11-12,14-17,19,22,24,32H,6-8,10,13H2,1-5H3,(H,28,30)(H,29,33);2-7,9,16,18H,8H2,1H3. The van der Waals surface area contributed by atoms with Crippen molar-refractivity contribution in [1.82, 2.24) is 5.32 Å². The van der Waals surface area contributed by atoms with Crippen LogP contribution in [0.3, 0.4) is 0 Å². The van der Waals surface area contributed by atoms with Crippen molar-refractivity contribution in [3.63, 3.8) is 0 Å². The van der Waals surface area contributed by atoms with Gasteiger partial charge in [-0.15, -0.1) is 0 Å². The molecule has 0 aromatic heterocycles. The molecule has 1 saturated heterocycles. The van der Waals surface area contributed by atoms with Gasteiger partial charge in [-0.3, -0.25) is 24.0 Å². The number of unbranched alkanes of at least 4 members (excludes halogenated alkanes) is 2. The van der Waals surface area contributed by atoms with Gasteiger partial charge in [0.15, 0.2) is 23.7 Å². The molecule has 5 N–H and O–H groups in total. The molecular formula is C42H52N2O13. The summed E-state index contributed by atoms with van der Waals surface area (Å²) in [6, 6.07) is 13.8. The van der Waals surface area contributed by atoms with E-state index < -0.39 is 59.8 Å². The maximum atomic E-state index is 13.3. The van der Waals surface area contributed by atoms with E-state index in [-0.39, 0.29) is 52.9 Å². The molecule has 4 rings (SSSR count). The fourth-order valence-corrected chi connectivity index (χ4v) is 6.00. The first-order valence-electron chi connectivity index (χ1n) is 18.7. The van der Waals surface area contributed by atoms with E-state index in [2.05, 4.69) is 10.6 Å². The van der Waals surface area contributed by atoms with Gasteiger partial charge in [-0.2, -0.15) is 0 Å². The number of phenolic OH excluding ortho intramolecular Hbond substituents is 3. The molecule has 308 valence electrons. The molecule has 1 aliphatic heterocycles. The average molecular weight is 793 g/mol. The number of para-hydroxylation sites is 1. The van der Waals surface area contributed by atoms with Crippen LogP contribution >= 0.6 is 0 Å². The quantitative estimate of drug-likeness (QED) is 0.0315. The second kappa shape index (κ2) is 21.8. The van der Waals surface area contributed by atoms with Crippen LogP contribution < -0.4 is 15.4 Å². The molecule has 5 atom stereocenters. The number of hydrogen-bond donors (Lipinski definition) is 5. The van der Waals surface area contributed by atoms with E-state index in [9.17, 15) is 44.1 Å². The van der Waals surface area contributed by atoms with Gasteiger partial charge in [0.1, 0.15) is 29.5 Å². The van der Waals surface area contributed by atoms with E-state index in [1.54, 1.807) is 31.4 Å². The number of nitrogens with one attached hydrogen (secondary N) is 2. The van der Waals surface area contributed by atoms with Gasteiger partial charge in [-0.1, -0.05) is 58.2 Å². The largest absolute Gasteiger partial charge is 0.508 e. The summed E-state index contributed by atoms with van der Waals surface area (Å²) < 4.78 is 21.9. The highest BCUT2D eigenvalue weighted by Gasteiger charge is 2.44. The van der Waals surface area contributed by atoms with E-state index in [1.807, 2.05) is 20.8 Å². The average Bonchev–Trinajstić information content (AvgIpc) is 3.17. The lowest BCUT2D eigenvalue weighted by Gasteiger charge is -2.29. The second-order valence-corrected chi connectivity index (χ2v) is 14.0. The topological polar surface area (TPSA) is 224 Å². The van der Waals surface area contributed by atoms with Gasteiger partial charge in [0.05, 0.1) is 29.8 Å². The molecule has 57 heavy (non-hydrogen) atoms. The Hall–Kier alpha value is -6.12. The zero-order chi connectivity index (χ0) is 42.2. The molecular weight excluding hydrogens is 740 g/mol. The number of benzene rings is 3. The number of esters is 3. The van der Waals surface area contributed by atoms with E-state index in [4.69, 9.17) is 18.9 Å². The van der Waals surface area contributed by atoms with E-state index >= 15 is 0 Å². The number of methoxy groups -OCH3 is 1. The third-order valence-corrected chi connectivity index (χ3v) is 9.04. The van der Waals surface area contributed by atoms with E-state index in [0.29, 0.717) is 19.3 Å². The summed E-state index contributed by atoms with van der Waals surface area (Å²) in [4.78, 5) is 74.7. The first kappa shape index (κ1) is 45.3. The van der Waals surface area contributed by atoms with Crippen molar-refractivity contribution < 1.29 is 63.0 Å². The van der Waals surface area contributed by atoms with Crippen LogP contribution in [0.1, 0.15) is 93.0 Å². The summed E-state index contributed by atoms with van der Waals surface area (Å²) >= 11 is 0. The first-order chi connectivity index (χ1) is 27.1. The Kier molecular flexibility index (Phi) is 17.3. The summed E-state index contributed by atoms with van der Waals surface area (Å²) in [5, 5.41) is 33.9. The molecule has 1 fully saturated rings. The van der Waals surface area contributed by atoms with Crippen molar-refractivity contribution in [2.24, 2.45) is 11.8 Å². The van der Waals surface area contributed by atoms with Crippen molar-refractivity contribution in [1.29, 1.82) is 0 Å². The highest BCUT2D eigenvalue weighted by molar-refractivity contribution is 6.01. The second-order valence-electron chi connectivity index (χ2n) is 14.0. The number of ether oxygens (including phenoxy) is 4. The van der Waals surface area contributed by atoms with Gasteiger partial charge < -0.3 is 44.9 Å². The Bertz CT molecular complexity index is 1860. The molecule has 5 unspecified atom stereocenters. The molecule has 0 radical (unpaired) electrons. The molecule has 3 aromatic rings. The van der Waals surface area contributed by atoms with Crippen molar-refractivity contribution in [2.45, 2.75) is 97.5 Å². The first-order valence-corrected chi connectivity index (χ1v) is 18.7. The van der Waals surface area contributed by atoms with Crippen LogP contribution in [0.25, 0.3) is 0 Å². The van der Waals surface area contributed by atoms with Gasteiger partial charge in [-0.25, -0.2) is 4.79 Å². The molecule has 15 nitrogen and oxygen atoms in total. The molecule has 0 spiro atoms. The van der Waals surface area contributed by atoms with Crippen molar-refractivity contribution in [3.05, 3.63) is 77.4 Å².